The fourth-order valence-electron chi connectivity index (χ4n) is 2.38. The Kier molecular flexibility index (Phi) is 5.50. The van der Waals surface area contributed by atoms with Crippen LogP contribution in [0, 0.1) is 6.92 Å². The lowest BCUT2D eigenvalue weighted by molar-refractivity contribution is 0.297. The Balaban J connectivity index is 1.64. The number of hydrogen-bond acceptors (Lipinski definition) is 4. The molecule has 0 atom stereocenters. The first-order valence-corrected chi connectivity index (χ1v) is 8.60. The summed E-state index contributed by atoms with van der Waals surface area (Å²) in [6, 6.07) is 13.8. The van der Waals surface area contributed by atoms with E-state index in [0.717, 1.165) is 34.9 Å². The largest absolute Gasteiger partial charge is 0.490 e. The van der Waals surface area contributed by atoms with Crippen molar-refractivity contribution in [2.24, 2.45) is 5.10 Å². The molecular formula is C19H21N3O2S. The topological polar surface area (TPSA) is 54.9 Å². The Morgan fingerprint density at radius 3 is 2.52 bits per heavy atom. The molecule has 0 saturated carbocycles. The lowest BCUT2D eigenvalue weighted by Crippen LogP contribution is -2.24. The van der Waals surface area contributed by atoms with Gasteiger partial charge in [0.25, 0.3) is 0 Å². The Hall–Kier alpha value is -2.60. The second-order valence-electron chi connectivity index (χ2n) is 5.84. The van der Waals surface area contributed by atoms with Crippen molar-refractivity contribution in [3.8, 4) is 11.5 Å². The predicted octanol–water partition coefficient (Wildman–Crippen LogP) is 3.87. The molecule has 0 unspecified atom stereocenters. The van der Waals surface area contributed by atoms with Gasteiger partial charge in [-0.3, -0.25) is 5.43 Å². The zero-order valence-corrected chi connectivity index (χ0v) is 15.2. The molecule has 0 amide bonds. The van der Waals surface area contributed by atoms with Gasteiger partial charge in [-0.2, -0.15) is 5.10 Å². The van der Waals surface area contributed by atoms with Crippen LogP contribution in [0.15, 0.2) is 47.6 Å². The molecule has 0 saturated heterocycles. The van der Waals surface area contributed by atoms with E-state index in [-0.39, 0.29) is 0 Å². The lowest BCUT2D eigenvalue weighted by Gasteiger charge is -2.10. The molecule has 2 aromatic carbocycles. The van der Waals surface area contributed by atoms with Crippen molar-refractivity contribution < 1.29 is 9.47 Å². The molecule has 2 aromatic rings. The van der Waals surface area contributed by atoms with Gasteiger partial charge in [-0.25, -0.2) is 0 Å². The Morgan fingerprint density at radius 2 is 1.76 bits per heavy atom. The van der Waals surface area contributed by atoms with Crippen molar-refractivity contribution in [1.29, 1.82) is 0 Å². The Labute approximate surface area is 153 Å². The summed E-state index contributed by atoms with van der Waals surface area (Å²) < 4.78 is 11.4. The Morgan fingerprint density at radius 1 is 1.04 bits per heavy atom. The van der Waals surface area contributed by atoms with Crippen LogP contribution < -0.4 is 20.2 Å². The van der Waals surface area contributed by atoms with Gasteiger partial charge in [0.15, 0.2) is 16.6 Å². The summed E-state index contributed by atoms with van der Waals surface area (Å²) in [6.07, 6.45) is 0.886. The van der Waals surface area contributed by atoms with Gasteiger partial charge >= 0.3 is 0 Å². The second kappa shape index (κ2) is 7.98. The summed E-state index contributed by atoms with van der Waals surface area (Å²) in [5, 5.41) is 7.89. The van der Waals surface area contributed by atoms with Crippen LogP contribution in [0.2, 0.25) is 0 Å². The first kappa shape index (κ1) is 17.2. The maximum Gasteiger partial charge on any atom is 0.191 e. The normalized spacial score (nSPS) is 13.8. The summed E-state index contributed by atoms with van der Waals surface area (Å²) in [5.74, 6) is 1.53. The summed E-state index contributed by atoms with van der Waals surface area (Å²) in [7, 11) is 0. The highest BCUT2D eigenvalue weighted by Crippen LogP contribution is 2.30. The number of hydrazone groups is 1. The third-order valence-corrected chi connectivity index (χ3v) is 3.99. The van der Waals surface area contributed by atoms with E-state index in [2.05, 4.69) is 15.8 Å². The van der Waals surface area contributed by atoms with Gasteiger partial charge in [0.1, 0.15) is 0 Å². The minimum absolute atomic E-state index is 0.442. The Bertz CT molecular complexity index is 788. The molecule has 6 heteroatoms. The number of benzene rings is 2. The first-order valence-electron chi connectivity index (χ1n) is 8.20. The predicted molar refractivity (Wildman–Crippen MR) is 105 cm³/mol. The zero-order valence-electron chi connectivity index (χ0n) is 14.3. The van der Waals surface area contributed by atoms with Crippen LogP contribution in [0.1, 0.15) is 24.5 Å². The quantitative estimate of drug-likeness (QED) is 0.497. The van der Waals surface area contributed by atoms with Gasteiger partial charge < -0.3 is 14.8 Å². The number of aryl methyl sites for hydroxylation is 1. The number of ether oxygens (including phenoxy) is 2. The number of rotatable bonds is 3. The van der Waals surface area contributed by atoms with Crippen molar-refractivity contribution in [2.45, 2.75) is 20.3 Å². The standard InChI is InChI=1S/C19H21N3O2S/c1-13-4-7-16(8-5-13)20-19(25)22-21-14(2)15-6-9-17-18(12-15)24-11-3-10-23-17/h4-9,12H,3,10-11H2,1-2H3,(H2,20,22,25)/b21-14+. The van der Waals surface area contributed by atoms with Gasteiger partial charge in [-0.05, 0) is 56.4 Å². The minimum atomic E-state index is 0.442. The highest BCUT2D eigenvalue weighted by Gasteiger charge is 2.11. The van der Waals surface area contributed by atoms with E-state index < -0.39 is 0 Å². The molecule has 130 valence electrons. The van der Waals surface area contributed by atoms with Crippen LogP contribution in [0.4, 0.5) is 5.69 Å². The number of thiocarbonyl (C=S) groups is 1. The van der Waals surface area contributed by atoms with E-state index in [1.54, 1.807) is 0 Å². The van der Waals surface area contributed by atoms with E-state index in [4.69, 9.17) is 21.7 Å². The van der Waals surface area contributed by atoms with Crippen molar-refractivity contribution in [3.05, 3.63) is 53.6 Å². The van der Waals surface area contributed by atoms with E-state index in [1.165, 1.54) is 5.56 Å². The molecule has 0 spiro atoms. The maximum absolute atomic E-state index is 5.71. The summed E-state index contributed by atoms with van der Waals surface area (Å²) in [6.45, 7) is 5.31. The third kappa shape index (κ3) is 4.70. The third-order valence-electron chi connectivity index (χ3n) is 3.80. The fraction of sp³-hybridized carbons (Fsp3) is 0.263. The molecule has 0 bridgehead atoms. The molecular weight excluding hydrogens is 334 g/mol. The van der Waals surface area contributed by atoms with Crippen LogP contribution in [0.5, 0.6) is 11.5 Å². The highest BCUT2D eigenvalue weighted by atomic mass is 32.1. The average molecular weight is 355 g/mol. The van der Waals surface area contributed by atoms with Crippen LogP contribution in [-0.4, -0.2) is 24.0 Å². The van der Waals surface area contributed by atoms with E-state index >= 15 is 0 Å². The van der Waals surface area contributed by atoms with Gasteiger partial charge in [0.05, 0.1) is 18.9 Å². The summed E-state index contributed by atoms with van der Waals surface area (Å²) in [4.78, 5) is 0. The fourth-order valence-corrected chi connectivity index (χ4v) is 2.55. The molecule has 0 aliphatic carbocycles. The maximum atomic E-state index is 5.71. The molecule has 1 aliphatic rings. The molecule has 1 aliphatic heterocycles. The minimum Gasteiger partial charge on any atom is -0.490 e. The van der Waals surface area contributed by atoms with E-state index in [1.807, 2.05) is 56.3 Å². The van der Waals surface area contributed by atoms with Crippen molar-refractivity contribution in [1.82, 2.24) is 5.43 Å². The number of nitrogens with one attached hydrogen (secondary N) is 2. The van der Waals surface area contributed by atoms with Crippen LogP contribution in [-0.2, 0) is 0 Å². The van der Waals surface area contributed by atoms with Crippen molar-refractivity contribution >= 4 is 28.7 Å². The second-order valence-corrected chi connectivity index (χ2v) is 6.25. The molecule has 25 heavy (non-hydrogen) atoms. The molecule has 2 N–H and O–H groups in total. The van der Waals surface area contributed by atoms with Gasteiger partial charge in [-0.15, -0.1) is 0 Å². The number of anilines is 1. The average Bonchev–Trinajstić information content (AvgIpc) is 2.86. The molecule has 3 rings (SSSR count). The summed E-state index contributed by atoms with van der Waals surface area (Å²) in [5.41, 5.74) is 6.76. The zero-order chi connectivity index (χ0) is 17.6. The number of fused-ring (bicyclic) bond motifs is 1. The van der Waals surface area contributed by atoms with Gasteiger partial charge in [0, 0.05) is 17.7 Å². The monoisotopic (exact) mass is 355 g/mol. The number of hydrogen-bond donors (Lipinski definition) is 2. The van der Waals surface area contributed by atoms with E-state index in [9.17, 15) is 0 Å². The molecule has 0 radical (unpaired) electrons. The molecule has 5 nitrogen and oxygen atoms in total. The van der Waals surface area contributed by atoms with Crippen LogP contribution in [0.3, 0.4) is 0 Å². The summed E-state index contributed by atoms with van der Waals surface area (Å²) >= 11 is 5.28. The van der Waals surface area contributed by atoms with Crippen molar-refractivity contribution in [2.75, 3.05) is 18.5 Å². The van der Waals surface area contributed by atoms with Gasteiger partial charge in [0.2, 0.25) is 0 Å². The molecule has 1 heterocycles. The highest BCUT2D eigenvalue weighted by molar-refractivity contribution is 7.80. The van der Waals surface area contributed by atoms with Crippen LogP contribution >= 0.6 is 12.2 Å². The van der Waals surface area contributed by atoms with Crippen LogP contribution in [0.25, 0.3) is 0 Å². The number of nitrogens with zero attached hydrogens (tertiary/aromatic N) is 1. The molecule has 0 fully saturated rings. The van der Waals surface area contributed by atoms with Crippen molar-refractivity contribution in [3.63, 3.8) is 0 Å². The smallest absolute Gasteiger partial charge is 0.191 e. The van der Waals surface area contributed by atoms with E-state index in [0.29, 0.717) is 18.3 Å². The van der Waals surface area contributed by atoms with Gasteiger partial charge in [-0.1, -0.05) is 17.7 Å². The SMILES string of the molecule is C/C(=N\NC(=S)Nc1ccc(C)cc1)c1ccc2c(c1)OCCCO2. The first-order chi connectivity index (χ1) is 12.1. The lowest BCUT2D eigenvalue weighted by atomic mass is 10.1. The molecule has 0 aromatic heterocycles.